The third kappa shape index (κ3) is 3.21. The molecule has 1 atom stereocenters. The van der Waals surface area contributed by atoms with Gasteiger partial charge < -0.3 is 10.1 Å². The van der Waals surface area contributed by atoms with Crippen LogP contribution in [0.1, 0.15) is 38.1 Å². The number of nitrogens with one attached hydrogen (secondary N) is 1. The highest BCUT2D eigenvalue weighted by Crippen LogP contribution is 2.38. The Bertz CT molecular complexity index is 752. The number of hydrogen-bond acceptors (Lipinski definition) is 7. The fraction of sp³-hybridized carbons (Fsp3) is 0.438. The topological polar surface area (TPSA) is 69.0 Å². The Balaban J connectivity index is 2.04. The number of anilines is 1. The Labute approximate surface area is 149 Å². The van der Waals surface area contributed by atoms with Crippen LogP contribution in [-0.2, 0) is 9.53 Å². The predicted octanol–water partition coefficient (Wildman–Crippen LogP) is 3.69. The molecule has 3 heterocycles. The fourth-order valence-corrected chi connectivity index (χ4v) is 3.94. The molecule has 1 unspecified atom stereocenters. The number of thiophene rings is 1. The molecule has 1 aliphatic heterocycles. The lowest BCUT2D eigenvalue weighted by Crippen LogP contribution is -2.29. The normalized spacial score (nSPS) is 16.7. The second-order valence-corrected chi connectivity index (χ2v) is 7.52. The van der Waals surface area contributed by atoms with Gasteiger partial charge in [-0.15, -0.1) is 16.4 Å². The minimum absolute atomic E-state index is 0.300. The summed E-state index contributed by atoms with van der Waals surface area (Å²) >= 11 is 3.18. The molecule has 0 saturated carbocycles. The van der Waals surface area contributed by atoms with E-state index in [-0.39, 0.29) is 12.0 Å². The number of aromatic nitrogens is 3. The van der Waals surface area contributed by atoms with E-state index in [2.05, 4.69) is 22.3 Å². The number of fused-ring (bicyclic) bond motifs is 1. The van der Waals surface area contributed by atoms with E-state index in [1.54, 1.807) is 27.8 Å². The van der Waals surface area contributed by atoms with Gasteiger partial charge in [0.15, 0.2) is 0 Å². The third-order valence-electron chi connectivity index (χ3n) is 3.58. The van der Waals surface area contributed by atoms with E-state index >= 15 is 0 Å². The summed E-state index contributed by atoms with van der Waals surface area (Å²) in [6.07, 6.45) is 0.793. The molecule has 2 aromatic heterocycles. The molecule has 0 aromatic carbocycles. The van der Waals surface area contributed by atoms with E-state index < -0.39 is 0 Å². The highest BCUT2D eigenvalue weighted by Gasteiger charge is 2.35. The SMILES string of the molecule is CCCOC(=O)C1=C(C)Nc2nc(SCC)nn2C1c1cccs1. The van der Waals surface area contributed by atoms with Gasteiger partial charge in [-0.3, -0.25) is 0 Å². The molecule has 0 spiro atoms. The van der Waals surface area contributed by atoms with Crippen molar-refractivity contribution in [2.75, 3.05) is 17.7 Å². The first-order chi connectivity index (χ1) is 11.7. The minimum atomic E-state index is -0.302. The van der Waals surface area contributed by atoms with Crippen molar-refractivity contribution < 1.29 is 9.53 Å². The fourth-order valence-electron chi connectivity index (χ4n) is 2.57. The highest BCUT2D eigenvalue weighted by atomic mass is 32.2. The van der Waals surface area contributed by atoms with Gasteiger partial charge in [0.2, 0.25) is 11.1 Å². The average Bonchev–Trinajstić information content (AvgIpc) is 3.20. The van der Waals surface area contributed by atoms with Gasteiger partial charge in [0.05, 0.1) is 12.2 Å². The van der Waals surface area contributed by atoms with Crippen LogP contribution in [0.25, 0.3) is 0 Å². The number of esters is 1. The molecule has 3 rings (SSSR count). The molecule has 1 N–H and O–H groups in total. The largest absolute Gasteiger partial charge is 0.462 e. The zero-order valence-electron chi connectivity index (χ0n) is 13.9. The summed E-state index contributed by atoms with van der Waals surface area (Å²) in [5.41, 5.74) is 1.36. The van der Waals surface area contributed by atoms with Crippen molar-refractivity contribution in [3.8, 4) is 0 Å². The Hall–Kier alpha value is -1.80. The van der Waals surface area contributed by atoms with Gasteiger partial charge in [0.1, 0.15) is 6.04 Å². The van der Waals surface area contributed by atoms with E-state index in [1.807, 2.05) is 31.4 Å². The van der Waals surface area contributed by atoms with Gasteiger partial charge in [-0.2, -0.15) is 4.98 Å². The van der Waals surface area contributed by atoms with Crippen LogP contribution in [0.15, 0.2) is 33.9 Å². The summed E-state index contributed by atoms with van der Waals surface area (Å²) in [5.74, 6) is 1.25. The van der Waals surface area contributed by atoms with Gasteiger partial charge in [-0.1, -0.05) is 31.7 Å². The summed E-state index contributed by atoms with van der Waals surface area (Å²) in [6, 6.07) is 3.69. The lowest BCUT2D eigenvalue weighted by molar-refractivity contribution is -0.139. The van der Waals surface area contributed by atoms with Crippen LogP contribution < -0.4 is 5.32 Å². The Kier molecular flexibility index (Phi) is 5.25. The first-order valence-corrected chi connectivity index (χ1v) is 9.79. The number of carbonyl (C=O) groups excluding carboxylic acids is 1. The van der Waals surface area contributed by atoms with Crippen molar-refractivity contribution in [3.05, 3.63) is 33.7 Å². The molecule has 128 valence electrons. The van der Waals surface area contributed by atoms with E-state index in [4.69, 9.17) is 4.74 Å². The summed E-state index contributed by atoms with van der Waals surface area (Å²) in [4.78, 5) is 18.2. The van der Waals surface area contributed by atoms with Crippen molar-refractivity contribution in [1.29, 1.82) is 0 Å². The maximum atomic E-state index is 12.6. The quantitative estimate of drug-likeness (QED) is 0.623. The summed E-state index contributed by atoms with van der Waals surface area (Å²) in [7, 11) is 0. The standard InChI is InChI=1S/C16H20N4O2S2/c1-4-8-22-14(21)12-10(3)17-15-18-16(23-5-2)19-20(15)13(12)11-7-6-9-24-11/h6-7,9,13H,4-5,8H2,1-3H3,(H,17,18,19). The lowest BCUT2D eigenvalue weighted by Gasteiger charge is -2.27. The molecular formula is C16H20N4O2S2. The first-order valence-electron chi connectivity index (χ1n) is 7.93. The van der Waals surface area contributed by atoms with Crippen molar-refractivity contribution >= 4 is 35.0 Å². The number of carbonyl (C=O) groups is 1. The number of thioether (sulfide) groups is 1. The monoisotopic (exact) mass is 364 g/mol. The van der Waals surface area contributed by atoms with Gasteiger partial charge in [-0.05, 0) is 30.5 Å². The molecule has 2 aromatic rings. The lowest BCUT2D eigenvalue weighted by atomic mass is 10.0. The second-order valence-electron chi connectivity index (χ2n) is 5.31. The number of hydrogen-bond donors (Lipinski definition) is 1. The van der Waals surface area contributed by atoms with Crippen LogP contribution in [0.4, 0.5) is 5.95 Å². The molecule has 24 heavy (non-hydrogen) atoms. The zero-order chi connectivity index (χ0) is 17.1. The van der Waals surface area contributed by atoms with Crippen LogP contribution >= 0.6 is 23.1 Å². The van der Waals surface area contributed by atoms with Crippen molar-refractivity contribution in [2.45, 2.75) is 38.4 Å². The Morgan fingerprint density at radius 3 is 3.00 bits per heavy atom. The molecule has 0 aliphatic carbocycles. The molecule has 0 amide bonds. The van der Waals surface area contributed by atoms with Gasteiger partial charge in [-0.25, -0.2) is 9.48 Å². The van der Waals surface area contributed by atoms with Gasteiger partial charge in [0, 0.05) is 10.6 Å². The smallest absolute Gasteiger partial charge is 0.338 e. The highest BCUT2D eigenvalue weighted by molar-refractivity contribution is 7.99. The summed E-state index contributed by atoms with van der Waals surface area (Å²) in [5, 5.41) is 10.5. The molecule has 0 saturated heterocycles. The van der Waals surface area contributed by atoms with E-state index in [0.29, 0.717) is 23.3 Å². The maximum absolute atomic E-state index is 12.6. The number of rotatable bonds is 6. The number of allylic oxidation sites excluding steroid dienone is 1. The third-order valence-corrected chi connectivity index (χ3v) is 5.22. The molecule has 0 bridgehead atoms. The zero-order valence-corrected chi connectivity index (χ0v) is 15.5. The summed E-state index contributed by atoms with van der Waals surface area (Å²) < 4.78 is 7.19. The van der Waals surface area contributed by atoms with Crippen molar-refractivity contribution in [3.63, 3.8) is 0 Å². The predicted molar refractivity (Wildman–Crippen MR) is 96.5 cm³/mol. The van der Waals surface area contributed by atoms with Crippen LogP contribution in [-0.4, -0.2) is 33.1 Å². The molecular weight excluding hydrogens is 344 g/mol. The Morgan fingerprint density at radius 1 is 1.50 bits per heavy atom. The number of ether oxygens (including phenoxy) is 1. The van der Waals surface area contributed by atoms with E-state index in [1.165, 1.54) is 0 Å². The molecule has 0 fully saturated rings. The Morgan fingerprint density at radius 2 is 2.33 bits per heavy atom. The molecule has 1 aliphatic rings. The van der Waals surface area contributed by atoms with Gasteiger partial charge >= 0.3 is 5.97 Å². The van der Waals surface area contributed by atoms with Crippen molar-refractivity contribution in [2.24, 2.45) is 0 Å². The molecule has 0 radical (unpaired) electrons. The van der Waals surface area contributed by atoms with E-state index in [0.717, 1.165) is 22.7 Å². The van der Waals surface area contributed by atoms with Crippen LogP contribution in [0, 0.1) is 0 Å². The van der Waals surface area contributed by atoms with Crippen LogP contribution in [0.3, 0.4) is 0 Å². The maximum Gasteiger partial charge on any atom is 0.338 e. The van der Waals surface area contributed by atoms with Crippen molar-refractivity contribution in [1.82, 2.24) is 14.8 Å². The van der Waals surface area contributed by atoms with Crippen LogP contribution in [0.2, 0.25) is 0 Å². The van der Waals surface area contributed by atoms with Crippen LogP contribution in [0.5, 0.6) is 0 Å². The number of nitrogens with zero attached hydrogens (tertiary/aromatic N) is 3. The summed E-state index contributed by atoms with van der Waals surface area (Å²) in [6.45, 7) is 6.34. The van der Waals surface area contributed by atoms with E-state index in [9.17, 15) is 4.79 Å². The minimum Gasteiger partial charge on any atom is -0.462 e. The van der Waals surface area contributed by atoms with Gasteiger partial charge in [0.25, 0.3) is 0 Å². The first kappa shape index (κ1) is 17.0. The molecule has 8 heteroatoms. The second kappa shape index (κ2) is 7.40. The average molecular weight is 364 g/mol. The molecule has 6 nitrogen and oxygen atoms in total.